The highest BCUT2D eigenvalue weighted by Gasteiger charge is 2.19. The maximum atomic E-state index is 4.67. The summed E-state index contributed by atoms with van der Waals surface area (Å²) in [7, 11) is 0. The fourth-order valence-corrected chi connectivity index (χ4v) is 5.03. The normalized spacial score (nSPS) is 11.4. The van der Waals surface area contributed by atoms with Gasteiger partial charge in [0.25, 0.3) is 0 Å². The Balaban J connectivity index is 1.50. The minimum Gasteiger partial charge on any atom is -0.309 e. The number of hydrogen-bond acceptors (Lipinski definition) is 4. The van der Waals surface area contributed by atoms with Crippen molar-refractivity contribution in [2.75, 3.05) is 0 Å². The Morgan fingerprint density at radius 1 is 0.514 bits per heavy atom. The van der Waals surface area contributed by atoms with Gasteiger partial charge in [0.2, 0.25) is 0 Å². The zero-order valence-corrected chi connectivity index (χ0v) is 20.2. The second-order valence-electron chi connectivity index (χ2n) is 9.05. The second kappa shape index (κ2) is 8.53. The number of pyridine rings is 2. The lowest BCUT2D eigenvalue weighted by Crippen LogP contribution is -2.00. The maximum absolute atomic E-state index is 4.67. The Hall–Kier alpha value is -5.10. The van der Waals surface area contributed by atoms with E-state index < -0.39 is 0 Å². The van der Waals surface area contributed by atoms with Crippen LogP contribution in [0.2, 0.25) is 0 Å². The van der Waals surface area contributed by atoms with Gasteiger partial charge in [-0.05, 0) is 73.7 Å². The first-order valence-electron chi connectivity index (χ1n) is 12.1. The van der Waals surface area contributed by atoms with E-state index in [1.54, 1.807) is 24.8 Å². The fraction of sp³-hybridized carbons (Fsp3) is 0.0323. The van der Waals surface area contributed by atoms with Crippen LogP contribution in [0.25, 0.3) is 56.0 Å². The summed E-state index contributed by atoms with van der Waals surface area (Å²) in [6, 6.07) is 31.5. The molecule has 0 fully saturated rings. The van der Waals surface area contributed by atoms with Crippen LogP contribution in [0.5, 0.6) is 0 Å². The van der Waals surface area contributed by atoms with Gasteiger partial charge in [-0.3, -0.25) is 14.5 Å². The van der Waals surface area contributed by atoms with Gasteiger partial charge in [0.15, 0.2) is 11.6 Å². The lowest BCUT2D eigenvalue weighted by atomic mass is 10.1. The first kappa shape index (κ1) is 21.2. The van der Waals surface area contributed by atoms with Crippen LogP contribution >= 0.6 is 0 Å². The molecule has 176 valence electrons. The second-order valence-corrected chi connectivity index (χ2v) is 9.05. The number of aryl methyl sites for hydroxylation is 1. The van der Waals surface area contributed by atoms with E-state index in [0.717, 1.165) is 39.7 Å². The molecule has 3 aromatic carbocycles. The number of rotatable bonds is 4. The molecule has 0 N–H and O–H groups in total. The van der Waals surface area contributed by atoms with Crippen molar-refractivity contribution in [1.29, 1.82) is 0 Å². The molecule has 7 rings (SSSR count). The Bertz CT molecular complexity index is 1870. The third-order valence-corrected chi connectivity index (χ3v) is 6.72. The van der Waals surface area contributed by atoms with Crippen LogP contribution in [-0.4, -0.2) is 29.3 Å². The molecule has 6 nitrogen and oxygen atoms in total. The van der Waals surface area contributed by atoms with Gasteiger partial charge < -0.3 is 4.57 Å². The molecule has 4 heterocycles. The summed E-state index contributed by atoms with van der Waals surface area (Å²) >= 11 is 0. The molecule has 0 unspecified atom stereocenters. The van der Waals surface area contributed by atoms with Crippen molar-refractivity contribution in [3.05, 3.63) is 121 Å². The van der Waals surface area contributed by atoms with E-state index in [2.05, 4.69) is 96.9 Å². The molecule has 0 aliphatic rings. The van der Waals surface area contributed by atoms with Crippen LogP contribution in [-0.2, 0) is 0 Å². The van der Waals surface area contributed by atoms with Gasteiger partial charge in [0.05, 0.1) is 16.7 Å². The van der Waals surface area contributed by atoms with E-state index in [1.807, 2.05) is 30.3 Å². The number of nitrogens with zero attached hydrogens (tertiary/aromatic N) is 6. The van der Waals surface area contributed by atoms with Crippen LogP contribution in [0.3, 0.4) is 0 Å². The predicted molar refractivity (Wildman–Crippen MR) is 147 cm³/mol. The van der Waals surface area contributed by atoms with E-state index in [9.17, 15) is 0 Å². The van der Waals surface area contributed by atoms with Crippen LogP contribution in [0.1, 0.15) is 5.56 Å². The van der Waals surface area contributed by atoms with E-state index in [4.69, 9.17) is 0 Å². The van der Waals surface area contributed by atoms with E-state index >= 15 is 0 Å². The van der Waals surface area contributed by atoms with Gasteiger partial charge in [0.1, 0.15) is 0 Å². The topological polar surface area (TPSA) is 61.4 Å². The van der Waals surface area contributed by atoms with Crippen molar-refractivity contribution in [3.8, 4) is 34.2 Å². The summed E-state index contributed by atoms with van der Waals surface area (Å²) in [5.74, 6) is 1.53. The first-order chi connectivity index (χ1) is 18.3. The molecule has 37 heavy (non-hydrogen) atoms. The summed E-state index contributed by atoms with van der Waals surface area (Å²) in [5.41, 5.74) is 7.58. The van der Waals surface area contributed by atoms with Gasteiger partial charge >= 0.3 is 0 Å². The monoisotopic (exact) mass is 478 g/mol. The summed E-state index contributed by atoms with van der Waals surface area (Å²) in [6.45, 7) is 2.13. The molecule has 0 aliphatic carbocycles. The predicted octanol–water partition coefficient (Wildman–Crippen LogP) is 6.80. The zero-order valence-electron chi connectivity index (χ0n) is 20.2. The molecule has 0 bridgehead atoms. The van der Waals surface area contributed by atoms with Gasteiger partial charge in [-0.1, -0.05) is 29.8 Å². The maximum Gasteiger partial charge on any atom is 0.168 e. The molecule has 0 atom stereocenters. The van der Waals surface area contributed by atoms with Crippen LogP contribution < -0.4 is 0 Å². The average molecular weight is 479 g/mol. The van der Waals surface area contributed by atoms with Crippen molar-refractivity contribution < 1.29 is 0 Å². The highest BCUT2D eigenvalue weighted by molar-refractivity contribution is 6.10. The van der Waals surface area contributed by atoms with Gasteiger partial charge in [-0.2, -0.15) is 0 Å². The minimum atomic E-state index is 0.756. The molecular formula is C31H22N6. The van der Waals surface area contributed by atoms with Crippen molar-refractivity contribution >= 4 is 21.8 Å². The highest BCUT2D eigenvalue weighted by Crippen LogP contribution is 2.36. The molecule has 7 aromatic rings. The molecule has 6 heteroatoms. The van der Waals surface area contributed by atoms with Gasteiger partial charge in [0, 0.05) is 52.4 Å². The van der Waals surface area contributed by atoms with Crippen LogP contribution in [0, 0.1) is 6.92 Å². The Morgan fingerprint density at radius 3 is 1.84 bits per heavy atom. The van der Waals surface area contributed by atoms with Gasteiger partial charge in [-0.25, -0.2) is 0 Å². The Kier molecular flexibility index (Phi) is 4.89. The number of para-hydroxylation sites is 1. The van der Waals surface area contributed by atoms with Crippen molar-refractivity contribution in [2.45, 2.75) is 6.92 Å². The lowest BCUT2D eigenvalue weighted by Gasteiger charge is -2.11. The number of hydrogen-bond donors (Lipinski definition) is 0. The summed E-state index contributed by atoms with van der Waals surface area (Å²) in [6.07, 6.45) is 7.12. The molecule has 0 amide bonds. The number of aromatic nitrogens is 6. The van der Waals surface area contributed by atoms with Crippen LogP contribution in [0.15, 0.2) is 116 Å². The molecule has 0 saturated carbocycles. The molecule has 0 saturated heterocycles. The molecule has 4 aromatic heterocycles. The van der Waals surface area contributed by atoms with Gasteiger partial charge in [-0.15, -0.1) is 10.2 Å². The SMILES string of the molecule is Cc1ccc2c(c1)c1cc(-c3nnc(-c4ccncc4)n3-c3ccncc3)ccc1n2-c1ccccc1. The minimum absolute atomic E-state index is 0.756. The molecular weight excluding hydrogens is 456 g/mol. The quantitative estimate of drug-likeness (QED) is 0.279. The van der Waals surface area contributed by atoms with E-state index in [1.165, 1.54) is 21.9 Å². The smallest absolute Gasteiger partial charge is 0.168 e. The first-order valence-corrected chi connectivity index (χ1v) is 12.1. The van der Waals surface area contributed by atoms with Crippen LogP contribution in [0.4, 0.5) is 0 Å². The molecule has 0 spiro atoms. The lowest BCUT2D eigenvalue weighted by molar-refractivity contribution is 1.06. The standard InChI is InChI=1S/C31H22N6/c1-21-7-9-28-26(19-21)27-20-23(8-10-29(27)36(28)24-5-3-2-4-6-24)31-35-34-30(22-11-15-32-16-12-22)37(31)25-13-17-33-18-14-25/h2-20H,1H3. The van der Waals surface area contributed by atoms with Crippen molar-refractivity contribution in [1.82, 2.24) is 29.3 Å². The Morgan fingerprint density at radius 2 is 1.11 bits per heavy atom. The summed E-state index contributed by atoms with van der Waals surface area (Å²) in [4.78, 5) is 8.37. The summed E-state index contributed by atoms with van der Waals surface area (Å²) in [5, 5.41) is 11.7. The fourth-order valence-electron chi connectivity index (χ4n) is 5.03. The number of fused-ring (bicyclic) bond motifs is 3. The van der Waals surface area contributed by atoms with Crippen molar-refractivity contribution in [2.24, 2.45) is 0 Å². The zero-order chi connectivity index (χ0) is 24.8. The molecule has 0 aliphatic heterocycles. The third-order valence-electron chi connectivity index (χ3n) is 6.72. The largest absolute Gasteiger partial charge is 0.309 e. The highest BCUT2D eigenvalue weighted by atomic mass is 15.3. The Labute approximate surface area is 213 Å². The third kappa shape index (κ3) is 3.50. The van der Waals surface area contributed by atoms with E-state index in [-0.39, 0.29) is 0 Å². The van der Waals surface area contributed by atoms with E-state index in [0.29, 0.717) is 0 Å². The summed E-state index contributed by atoms with van der Waals surface area (Å²) < 4.78 is 4.41. The van der Waals surface area contributed by atoms with Crippen molar-refractivity contribution in [3.63, 3.8) is 0 Å². The number of benzene rings is 3. The molecule has 0 radical (unpaired) electrons. The average Bonchev–Trinajstić information content (AvgIpc) is 3.54.